The highest BCUT2D eigenvalue weighted by atomic mass is 32.2. The van der Waals surface area contributed by atoms with Crippen molar-refractivity contribution < 1.29 is 26.4 Å². The minimum atomic E-state index is -4.54. The molecule has 0 aliphatic carbocycles. The van der Waals surface area contributed by atoms with Gasteiger partial charge in [-0.2, -0.15) is 13.2 Å². The third-order valence-electron chi connectivity index (χ3n) is 4.54. The lowest BCUT2D eigenvalue weighted by Crippen LogP contribution is -2.36. The maximum Gasteiger partial charge on any atom is 0.433 e. The Labute approximate surface area is 125 Å². The molecule has 0 saturated carbocycles. The number of aromatic nitrogens is 1. The SMILES string of the molecule is O=C(c1ccc(C(F)(F)F)nc1)C1CC2CCC(C1)S2(=O)=O. The van der Waals surface area contributed by atoms with E-state index in [1.165, 1.54) is 0 Å². The zero-order valence-corrected chi connectivity index (χ0v) is 12.3. The molecule has 1 aromatic heterocycles. The topological polar surface area (TPSA) is 64.1 Å². The minimum absolute atomic E-state index is 0.108. The highest BCUT2D eigenvalue weighted by molar-refractivity contribution is 7.93. The molecule has 1 aromatic rings. The van der Waals surface area contributed by atoms with Crippen LogP contribution in [-0.4, -0.2) is 29.7 Å². The van der Waals surface area contributed by atoms with Gasteiger partial charge in [0.15, 0.2) is 15.6 Å². The monoisotopic (exact) mass is 333 g/mol. The van der Waals surface area contributed by atoms with Crippen molar-refractivity contribution in [3.8, 4) is 0 Å². The first-order chi connectivity index (χ1) is 10.2. The maximum absolute atomic E-state index is 12.5. The number of rotatable bonds is 2. The number of sulfone groups is 1. The molecule has 2 fully saturated rings. The fraction of sp³-hybridized carbons (Fsp3) is 0.571. The van der Waals surface area contributed by atoms with Crippen molar-refractivity contribution in [3.05, 3.63) is 29.6 Å². The third-order valence-corrected chi connectivity index (χ3v) is 7.26. The Hall–Kier alpha value is -1.44. The van der Waals surface area contributed by atoms with E-state index in [1.807, 2.05) is 0 Å². The van der Waals surface area contributed by atoms with E-state index in [1.54, 1.807) is 0 Å². The number of nitrogens with zero attached hydrogens (tertiary/aromatic N) is 1. The molecule has 120 valence electrons. The van der Waals surface area contributed by atoms with Gasteiger partial charge in [0, 0.05) is 17.7 Å². The van der Waals surface area contributed by atoms with Crippen LogP contribution in [0, 0.1) is 5.92 Å². The zero-order chi connectivity index (χ0) is 16.1. The van der Waals surface area contributed by atoms with E-state index in [-0.39, 0.29) is 24.2 Å². The first kappa shape index (κ1) is 15.5. The van der Waals surface area contributed by atoms with E-state index in [9.17, 15) is 26.4 Å². The lowest BCUT2D eigenvalue weighted by Gasteiger charge is -2.26. The quantitative estimate of drug-likeness (QED) is 0.781. The molecular formula is C14H14F3NO3S. The largest absolute Gasteiger partial charge is 0.433 e. The molecule has 0 N–H and O–H groups in total. The number of carbonyl (C=O) groups is 1. The van der Waals surface area contributed by atoms with E-state index in [4.69, 9.17) is 0 Å². The number of fused-ring (bicyclic) bond motifs is 2. The summed E-state index contributed by atoms with van der Waals surface area (Å²) in [4.78, 5) is 15.7. The summed E-state index contributed by atoms with van der Waals surface area (Å²) in [7, 11) is -3.12. The minimum Gasteiger partial charge on any atom is -0.294 e. The number of ketones is 1. The van der Waals surface area contributed by atoms with Crippen LogP contribution in [0.5, 0.6) is 0 Å². The smallest absolute Gasteiger partial charge is 0.294 e. The Kier molecular flexibility index (Phi) is 3.54. The molecule has 2 aliphatic heterocycles. The van der Waals surface area contributed by atoms with E-state index >= 15 is 0 Å². The second-order valence-electron chi connectivity index (χ2n) is 5.87. The highest BCUT2D eigenvalue weighted by Crippen LogP contribution is 2.42. The Morgan fingerprint density at radius 3 is 2.18 bits per heavy atom. The van der Waals surface area contributed by atoms with Crippen LogP contribution < -0.4 is 0 Å². The Morgan fingerprint density at radius 2 is 1.73 bits per heavy atom. The molecule has 2 saturated heterocycles. The Bertz CT molecular complexity index is 677. The van der Waals surface area contributed by atoms with Crippen molar-refractivity contribution in [1.29, 1.82) is 0 Å². The van der Waals surface area contributed by atoms with Gasteiger partial charge in [0.1, 0.15) is 5.69 Å². The number of carbonyl (C=O) groups excluding carboxylic acids is 1. The van der Waals surface area contributed by atoms with Gasteiger partial charge >= 0.3 is 6.18 Å². The van der Waals surface area contributed by atoms with Crippen LogP contribution in [0.1, 0.15) is 41.7 Å². The summed E-state index contributed by atoms with van der Waals surface area (Å²) in [6.07, 6.45) is -1.95. The fourth-order valence-electron chi connectivity index (χ4n) is 3.36. The number of pyridine rings is 1. The molecular weight excluding hydrogens is 319 g/mol. The summed E-state index contributed by atoms with van der Waals surface area (Å²) in [5, 5.41) is -0.967. The zero-order valence-electron chi connectivity index (χ0n) is 11.5. The van der Waals surface area contributed by atoms with Crippen molar-refractivity contribution in [2.24, 2.45) is 5.92 Å². The fourth-order valence-corrected chi connectivity index (χ4v) is 5.84. The van der Waals surface area contributed by atoms with Gasteiger partial charge in [0.2, 0.25) is 0 Å². The van der Waals surface area contributed by atoms with Gasteiger partial charge in [-0.05, 0) is 37.8 Å². The van der Waals surface area contributed by atoms with E-state index in [0.717, 1.165) is 18.3 Å². The lowest BCUT2D eigenvalue weighted by molar-refractivity contribution is -0.141. The number of hydrogen-bond acceptors (Lipinski definition) is 4. The van der Waals surface area contributed by atoms with Crippen LogP contribution in [0.15, 0.2) is 18.3 Å². The van der Waals surface area contributed by atoms with Gasteiger partial charge in [-0.15, -0.1) is 0 Å². The molecule has 22 heavy (non-hydrogen) atoms. The van der Waals surface area contributed by atoms with Crippen LogP contribution in [0.2, 0.25) is 0 Å². The van der Waals surface area contributed by atoms with Crippen molar-refractivity contribution in [2.75, 3.05) is 0 Å². The Morgan fingerprint density at radius 1 is 1.14 bits per heavy atom. The van der Waals surface area contributed by atoms with E-state index in [0.29, 0.717) is 12.8 Å². The normalized spacial score (nSPS) is 30.2. The van der Waals surface area contributed by atoms with Crippen molar-refractivity contribution in [1.82, 2.24) is 4.98 Å². The molecule has 3 rings (SSSR count). The van der Waals surface area contributed by atoms with Crippen LogP contribution in [0.4, 0.5) is 13.2 Å². The summed E-state index contributed by atoms with van der Waals surface area (Å²) < 4.78 is 61.3. The first-order valence-corrected chi connectivity index (χ1v) is 8.60. The van der Waals surface area contributed by atoms with Gasteiger partial charge < -0.3 is 0 Å². The highest BCUT2D eigenvalue weighted by Gasteiger charge is 2.48. The summed E-state index contributed by atoms with van der Waals surface area (Å²) in [5.41, 5.74) is -0.938. The second kappa shape index (κ2) is 5.04. The van der Waals surface area contributed by atoms with Crippen LogP contribution in [-0.2, 0) is 16.0 Å². The average Bonchev–Trinajstić information content (AvgIpc) is 2.66. The van der Waals surface area contributed by atoms with E-state index < -0.39 is 38.1 Å². The third kappa shape index (κ3) is 2.53. The number of hydrogen-bond donors (Lipinski definition) is 0. The van der Waals surface area contributed by atoms with E-state index in [2.05, 4.69) is 4.98 Å². The first-order valence-electron chi connectivity index (χ1n) is 7.00. The standard InChI is InChI=1S/C14H14F3NO3S/c15-14(16,17)12-4-1-8(7-18-12)13(19)9-5-10-2-3-11(6-9)22(10,20)21/h1,4,7,9-11H,2-3,5-6H2. The molecule has 0 aromatic carbocycles. The van der Waals surface area contributed by atoms with Gasteiger partial charge in [-0.3, -0.25) is 9.78 Å². The number of halogens is 3. The van der Waals surface area contributed by atoms with Gasteiger partial charge in [-0.1, -0.05) is 0 Å². The molecule has 2 unspecified atom stereocenters. The molecule has 0 radical (unpaired) electrons. The summed E-state index contributed by atoms with van der Waals surface area (Å²) >= 11 is 0. The predicted octanol–water partition coefficient (Wildman–Crippen LogP) is 2.64. The molecule has 8 heteroatoms. The van der Waals surface area contributed by atoms with Gasteiger partial charge in [0.25, 0.3) is 0 Å². The van der Waals surface area contributed by atoms with Crippen LogP contribution in [0.25, 0.3) is 0 Å². The van der Waals surface area contributed by atoms with Crippen molar-refractivity contribution >= 4 is 15.6 Å². The lowest BCUT2D eigenvalue weighted by atomic mass is 9.91. The molecule has 3 heterocycles. The number of alkyl halides is 3. The average molecular weight is 333 g/mol. The maximum atomic E-state index is 12.5. The van der Waals surface area contributed by atoms with Crippen molar-refractivity contribution in [2.45, 2.75) is 42.4 Å². The second-order valence-corrected chi connectivity index (χ2v) is 8.38. The summed E-state index contributed by atoms with van der Waals surface area (Å²) in [6.45, 7) is 0. The molecule has 2 aliphatic rings. The predicted molar refractivity (Wildman–Crippen MR) is 72.0 cm³/mol. The van der Waals surface area contributed by atoms with Crippen LogP contribution in [0.3, 0.4) is 0 Å². The van der Waals surface area contributed by atoms with Crippen LogP contribution >= 0.6 is 0 Å². The molecule has 4 nitrogen and oxygen atoms in total. The Balaban J connectivity index is 1.78. The summed E-state index contributed by atoms with van der Waals surface area (Å²) in [5.74, 6) is -0.757. The van der Waals surface area contributed by atoms with Gasteiger partial charge in [-0.25, -0.2) is 8.42 Å². The molecule has 0 spiro atoms. The molecule has 0 amide bonds. The summed E-state index contributed by atoms with van der Waals surface area (Å²) in [6, 6.07) is 1.89. The molecule has 2 atom stereocenters. The molecule has 2 bridgehead atoms. The van der Waals surface area contributed by atoms with Crippen molar-refractivity contribution in [3.63, 3.8) is 0 Å². The van der Waals surface area contributed by atoms with Gasteiger partial charge in [0.05, 0.1) is 10.5 Å². The number of Topliss-reactive ketones (excluding diaryl/α,β-unsaturated/α-hetero) is 1.